The number of halogens is 2. The molecule has 18 heavy (non-hydrogen) atoms. The lowest BCUT2D eigenvalue weighted by Crippen LogP contribution is -2.11. The molecule has 1 aromatic heterocycles. The van der Waals surface area contributed by atoms with Crippen molar-refractivity contribution in [3.63, 3.8) is 0 Å². The Kier molecular flexibility index (Phi) is 4.00. The van der Waals surface area contributed by atoms with Crippen LogP contribution >= 0.6 is 27.5 Å². The minimum absolute atomic E-state index is 0.302. The largest absolute Gasteiger partial charge is 0.339 e. The summed E-state index contributed by atoms with van der Waals surface area (Å²) in [6, 6.07) is 5.86. The lowest BCUT2D eigenvalue weighted by Gasteiger charge is -2.09. The zero-order valence-corrected chi connectivity index (χ0v) is 11.9. The van der Waals surface area contributed by atoms with Gasteiger partial charge in [-0.25, -0.2) is 10.8 Å². The van der Waals surface area contributed by atoms with E-state index < -0.39 is 0 Å². The number of nitrogens with zero attached hydrogens (tertiary/aromatic N) is 2. The van der Waals surface area contributed by atoms with Crippen LogP contribution in [0.25, 0.3) is 0 Å². The molecule has 0 saturated heterocycles. The van der Waals surface area contributed by atoms with Crippen LogP contribution in [0.5, 0.6) is 0 Å². The number of nitrogens with two attached hydrogens (primary N) is 1. The maximum atomic E-state index is 6.01. The summed E-state index contributed by atoms with van der Waals surface area (Å²) >= 11 is 9.45. The average molecular weight is 329 g/mol. The second-order valence-corrected chi connectivity index (χ2v) is 4.88. The van der Waals surface area contributed by atoms with Gasteiger partial charge in [-0.05, 0) is 30.7 Å². The monoisotopic (exact) mass is 327 g/mol. The van der Waals surface area contributed by atoms with Crippen molar-refractivity contribution in [1.82, 2.24) is 9.97 Å². The Morgan fingerprint density at radius 1 is 1.39 bits per heavy atom. The van der Waals surface area contributed by atoms with E-state index in [9.17, 15) is 0 Å². The molecule has 0 amide bonds. The predicted molar refractivity (Wildman–Crippen MR) is 77.0 cm³/mol. The van der Waals surface area contributed by atoms with E-state index in [1.54, 1.807) is 0 Å². The fraction of sp³-hybridized carbons (Fsp3) is 0.0909. The van der Waals surface area contributed by atoms with E-state index in [-0.39, 0.29) is 0 Å². The van der Waals surface area contributed by atoms with E-state index in [2.05, 4.69) is 36.6 Å². The van der Waals surface area contributed by atoms with Gasteiger partial charge >= 0.3 is 0 Å². The highest BCUT2D eigenvalue weighted by molar-refractivity contribution is 9.10. The highest BCUT2D eigenvalue weighted by atomic mass is 79.9. The summed E-state index contributed by atoms with van der Waals surface area (Å²) in [4.78, 5) is 8.04. The van der Waals surface area contributed by atoms with E-state index in [0.29, 0.717) is 16.8 Å². The van der Waals surface area contributed by atoms with E-state index in [1.165, 1.54) is 6.20 Å². The molecule has 0 fully saturated rings. The summed E-state index contributed by atoms with van der Waals surface area (Å²) in [5, 5.41) is 3.54. The quantitative estimate of drug-likeness (QED) is 0.596. The van der Waals surface area contributed by atoms with Crippen LogP contribution in [0.1, 0.15) is 5.56 Å². The first kappa shape index (κ1) is 13.1. The van der Waals surface area contributed by atoms with Gasteiger partial charge in [0.2, 0.25) is 5.95 Å². The average Bonchev–Trinajstić information content (AvgIpc) is 2.36. The number of hydrogen-bond donors (Lipinski definition) is 3. The lowest BCUT2D eigenvalue weighted by atomic mass is 10.2. The molecule has 1 aromatic carbocycles. The molecule has 5 nitrogen and oxygen atoms in total. The van der Waals surface area contributed by atoms with Crippen LogP contribution in [-0.2, 0) is 0 Å². The molecule has 2 rings (SSSR count). The van der Waals surface area contributed by atoms with Crippen LogP contribution in [0.4, 0.5) is 17.5 Å². The second-order valence-electron chi connectivity index (χ2n) is 3.62. The molecule has 0 bridgehead atoms. The Morgan fingerprint density at radius 3 is 2.83 bits per heavy atom. The normalized spacial score (nSPS) is 10.2. The zero-order valence-electron chi connectivity index (χ0n) is 9.54. The van der Waals surface area contributed by atoms with Gasteiger partial charge in [0.15, 0.2) is 5.82 Å². The van der Waals surface area contributed by atoms with Gasteiger partial charge in [0.25, 0.3) is 0 Å². The first-order valence-corrected chi connectivity index (χ1v) is 6.29. The highest BCUT2D eigenvalue weighted by Crippen LogP contribution is 2.26. The standard InChI is InChI=1S/C11H11BrClN5/c1-6-4-7(2-3-8(6)12)16-10-9(13)5-15-11(17-10)18-14/h2-5H,14H2,1H3,(H2,15,16,17,18). The summed E-state index contributed by atoms with van der Waals surface area (Å²) < 4.78 is 1.05. The van der Waals surface area contributed by atoms with Gasteiger partial charge in [-0.3, -0.25) is 5.43 Å². The van der Waals surface area contributed by atoms with Crippen molar-refractivity contribution in [2.75, 3.05) is 10.7 Å². The van der Waals surface area contributed by atoms with Gasteiger partial charge in [-0.1, -0.05) is 27.5 Å². The first-order chi connectivity index (χ1) is 8.60. The molecular formula is C11H11BrClN5. The van der Waals surface area contributed by atoms with Crippen molar-refractivity contribution >= 4 is 45.0 Å². The minimum Gasteiger partial charge on any atom is -0.339 e. The molecule has 7 heteroatoms. The molecule has 0 atom stereocenters. The summed E-state index contributed by atoms with van der Waals surface area (Å²) in [6.07, 6.45) is 1.48. The Hall–Kier alpha value is -1.37. The van der Waals surface area contributed by atoms with Gasteiger partial charge in [-0.15, -0.1) is 0 Å². The number of nitrogen functional groups attached to an aromatic ring is 1. The molecule has 2 aromatic rings. The van der Waals surface area contributed by atoms with Gasteiger partial charge in [0, 0.05) is 10.2 Å². The summed E-state index contributed by atoms with van der Waals surface area (Å²) in [6.45, 7) is 2.00. The third kappa shape index (κ3) is 2.90. The van der Waals surface area contributed by atoms with Crippen LogP contribution < -0.4 is 16.6 Å². The topological polar surface area (TPSA) is 75.9 Å². The van der Waals surface area contributed by atoms with Gasteiger partial charge in [0.05, 0.1) is 6.20 Å². The van der Waals surface area contributed by atoms with Crippen molar-refractivity contribution in [3.05, 3.63) is 39.5 Å². The Bertz CT molecular complexity index is 575. The van der Waals surface area contributed by atoms with Gasteiger partial charge in [-0.2, -0.15) is 4.98 Å². The SMILES string of the molecule is Cc1cc(Nc2nc(NN)ncc2Cl)ccc1Br. The zero-order chi connectivity index (χ0) is 13.1. The first-order valence-electron chi connectivity index (χ1n) is 5.12. The maximum Gasteiger partial charge on any atom is 0.239 e. The van der Waals surface area contributed by atoms with E-state index in [0.717, 1.165) is 15.7 Å². The van der Waals surface area contributed by atoms with Crippen LogP contribution in [0.3, 0.4) is 0 Å². The second kappa shape index (κ2) is 5.51. The molecular weight excluding hydrogens is 318 g/mol. The van der Waals surface area contributed by atoms with Gasteiger partial charge < -0.3 is 5.32 Å². The fourth-order valence-electron chi connectivity index (χ4n) is 1.38. The molecule has 0 aliphatic carbocycles. The summed E-state index contributed by atoms with van der Waals surface area (Å²) in [5.74, 6) is 6.06. The smallest absolute Gasteiger partial charge is 0.239 e. The van der Waals surface area contributed by atoms with Crippen molar-refractivity contribution in [2.24, 2.45) is 5.84 Å². The predicted octanol–water partition coefficient (Wildman–Crippen LogP) is 3.23. The number of aromatic nitrogens is 2. The number of anilines is 3. The van der Waals surface area contributed by atoms with Crippen molar-refractivity contribution in [1.29, 1.82) is 0 Å². The third-order valence-corrected chi connectivity index (χ3v) is 3.46. The number of benzene rings is 1. The van der Waals surface area contributed by atoms with Crippen molar-refractivity contribution < 1.29 is 0 Å². The minimum atomic E-state index is 0.302. The van der Waals surface area contributed by atoms with Crippen LogP contribution in [0.2, 0.25) is 5.02 Å². The molecule has 0 unspecified atom stereocenters. The molecule has 1 heterocycles. The molecule has 4 N–H and O–H groups in total. The van der Waals surface area contributed by atoms with Crippen LogP contribution in [-0.4, -0.2) is 9.97 Å². The number of hydrogen-bond acceptors (Lipinski definition) is 5. The number of hydrazine groups is 1. The van der Waals surface area contributed by atoms with Crippen LogP contribution in [0.15, 0.2) is 28.9 Å². The molecule has 0 aliphatic rings. The lowest BCUT2D eigenvalue weighted by molar-refractivity contribution is 1.12. The fourth-order valence-corrected chi connectivity index (χ4v) is 1.77. The molecule has 94 valence electrons. The Labute approximate surface area is 118 Å². The summed E-state index contributed by atoms with van der Waals surface area (Å²) in [7, 11) is 0. The van der Waals surface area contributed by atoms with Crippen LogP contribution in [0, 0.1) is 6.92 Å². The van der Waals surface area contributed by atoms with E-state index in [1.807, 2.05) is 25.1 Å². The van der Waals surface area contributed by atoms with Crippen molar-refractivity contribution in [2.45, 2.75) is 6.92 Å². The Balaban J connectivity index is 2.30. The highest BCUT2D eigenvalue weighted by Gasteiger charge is 2.06. The molecule has 0 spiro atoms. The third-order valence-electron chi connectivity index (χ3n) is 2.29. The van der Waals surface area contributed by atoms with E-state index in [4.69, 9.17) is 17.4 Å². The molecule has 0 saturated carbocycles. The Morgan fingerprint density at radius 2 is 2.17 bits per heavy atom. The summed E-state index contributed by atoms with van der Waals surface area (Å²) in [5.41, 5.74) is 4.37. The maximum absolute atomic E-state index is 6.01. The number of rotatable bonds is 3. The molecule has 0 aliphatic heterocycles. The van der Waals surface area contributed by atoms with E-state index >= 15 is 0 Å². The van der Waals surface area contributed by atoms with Crippen molar-refractivity contribution in [3.8, 4) is 0 Å². The number of nitrogens with one attached hydrogen (secondary N) is 2. The van der Waals surface area contributed by atoms with Gasteiger partial charge in [0.1, 0.15) is 5.02 Å². The number of aryl methyl sites for hydroxylation is 1. The molecule has 0 radical (unpaired) electrons.